The summed E-state index contributed by atoms with van der Waals surface area (Å²) in [7, 11) is 0. The quantitative estimate of drug-likeness (QED) is 0.232. The molecule has 0 saturated carbocycles. The van der Waals surface area contributed by atoms with Crippen molar-refractivity contribution >= 4 is 0 Å². The van der Waals surface area contributed by atoms with E-state index in [0.29, 0.717) is 23.8 Å². The van der Waals surface area contributed by atoms with E-state index in [0.717, 1.165) is 31.4 Å². The summed E-state index contributed by atoms with van der Waals surface area (Å²) in [5, 5.41) is 0. The first kappa shape index (κ1) is 26.3. The average molecular weight is 518 g/mol. The fourth-order valence-corrected chi connectivity index (χ4v) is 3.99. The van der Waals surface area contributed by atoms with Crippen LogP contribution in [0.25, 0.3) is 22.3 Å². The summed E-state index contributed by atoms with van der Waals surface area (Å²) in [6.45, 7) is 4.16. The van der Waals surface area contributed by atoms with E-state index in [1.165, 1.54) is 12.1 Å². The third-order valence-electron chi connectivity index (χ3n) is 6.19. The molecular weight excluding hydrogens is 497 g/mol. The summed E-state index contributed by atoms with van der Waals surface area (Å²) in [6.07, 6.45) is -3.79. The minimum absolute atomic E-state index is 0.207. The van der Waals surface area contributed by atoms with Gasteiger partial charge in [-0.15, -0.1) is 0 Å². The molecule has 0 fully saturated rings. The molecule has 192 valence electrons. The highest BCUT2D eigenvalue weighted by Crippen LogP contribution is 2.39. The predicted molar refractivity (Wildman–Crippen MR) is 127 cm³/mol. The SMILES string of the molecule is CCc1ccc(-c2ccc(-c3cc(F)c(C(F)(F)Oc4cc(F)c(C)c(F)c4C)c(F)c3)c(F)c2)cc1. The molecule has 37 heavy (non-hydrogen) atoms. The number of rotatable bonds is 6. The summed E-state index contributed by atoms with van der Waals surface area (Å²) < 4.78 is 106. The molecule has 0 bridgehead atoms. The maximum absolute atomic E-state index is 14.9. The number of benzene rings is 4. The van der Waals surface area contributed by atoms with Crippen molar-refractivity contribution in [2.75, 3.05) is 0 Å². The molecule has 0 aliphatic heterocycles. The zero-order valence-electron chi connectivity index (χ0n) is 20.0. The molecule has 0 aliphatic carbocycles. The van der Waals surface area contributed by atoms with Gasteiger partial charge in [-0.1, -0.05) is 43.3 Å². The van der Waals surface area contributed by atoms with Crippen molar-refractivity contribution in [1.82, 2.24) is 0 Å². The van der Waals surface area contributed by atoms with Gasteiger partial charge in [-0.3, -0.25) is 0 Å². The van der Waals surface area contributed by atoms with E-state index in [1.807, 2.05) is 31.2 Å². The van der Waals surface area contributed by atoms with Crippen LogP contribution in [-0.2, 0) is 12.5 Å². The van der Waals surface area contributed by atoms with Crippen LogP contribution in [-0.4, -0.2) is 0 Å². The van der Waals surface area contributed by atoms with Gasteiger partial charge in [-0.05, 0) is 60.7 Å². The largest absolute Gasteiger partial charge is 0.432 e. The second kappa shape index (κ2) is 9.92. The van der Waals surface area contributed by atoms with E-state index in [9.17, 15) is 30.7 Å². The van der Waals surface area contributed by atoms with Crippen molar-refractivity contribution in [1.29, 1.82) is 0 Å². The van der Waals surface area contributed by atoms with Gasteiger partial charge in [0.25, 0.3) is 0 Å². The topological polar surface area (TPSA) is 9.23 Å². The van der Waals surface area contributed by atoms with Crippen molar-refractivity contribution < 1.29 is 35.5 Å². The third-order valence-corrected chi connectivity index (χ3v) is 6.19. The molecule has 0 aliphatic rings. The Bertz CT molecular complexity index is 1450. The molecule has 4 aromatic carbocycles. The van der Waals surface area contributed by atoms with E-state index >= 15 is 0 Å². The van der Waals surface area contributed by atoms with Crippen molar-refractivity contribution in [3.05, 3.63) is 112 Å². The van der Waals surface area contributed by atoms with Gasteiger partial charge < -0.3 is 4.74 Å². The van der Waals surface area contributed by atoms with Crippen LogP contribution in [0.2, 0.25) is 0 Å². The molecule has 4 rings (SSSR count). The second-order valence-electron chi connectivity index (χ2n) is 8.60. The first-order chi connectivity index (χ1) is 17.4. The lowest BCUT2D eigenvalue weighted by molar-refractivity contribution is -0.190. The van der Waals surface area contributed by atoms with Crippen LogP contribution in [0.15, 0.2) is 60.7 Å². The summed E-state index contributed by atoms with van der Waals surface area (Å²) in [4.78, 5) is 0. The Morgan fingerprint density at radius 2 is 1.22 bits per heavy atom. The molecule has 4 aromatic rings. The molecule has 8 heteroatoms. The second-order valence-corrected chi connectivity index (χ2v) is 8.60. The van der Waals surface area contributed by atoms with Gasteiger partial charge in [0, 0.05) is 22.8 Å². The molecule has 0 amide bonds. The molecular formula is C29H21F7O. The Morgan fingerprint density at radius 1 is 0.649 bits per heavy atom. The van der Waals surface area contributed by atoms with Gasteiger partial charge in [0.15, 0.2) is 0 Å². The molecule has 0 radical (unpaired) electrons. The first-order valence-corrected chi connectivity index (χ1v) is 11.3. The van der Waals surface area contributed by atoms with Gasteiger partial charge in [0.2, 0.25) is 0 Å². The number of hydrogen-bond donors (Lipinski definition) is 0. The number of ether oxygens (including phenoxy) is 1. The predicted octanol–water partition coefficient (Wildman–Crippen LogP) is 9.02. The minimum atomic E-state index is -4.63. The van der Waals surface area contributed by atoms with Crippen molar-refractivity contribution in [2.45, 2.75) is 33.3 Å². The van der Waals surface area contributed by atoms with E-state index in [-0.39, 0.29) is 11.1 Å². The molecule has 0 spiro atoms. The fraction of sp³-hybridized carbons (Fsp3) is 0.172. The van der Waals surface area contributed by atoms with E-state index < -0.39 is 57.6 Å². The summed E-state index contributed by atoms with van der Waals surface area (Å²) in [5.41, 5.74) is -0.820. The van der Waals surface area contributed by atoms with Gasteiger partial charge in [-0.2, -0.15) is 8.78 Å². The highest BCUT2D eigenvalue weighted by molar-refractivity contribution is 5.71. The van der Waals surface area contributed by atoms with Gasteiger partial charge in [0.05, 0.1) is 0 Å². The fourth-order valence-electron chi connectivity index (χ4n) is 3.99. The Hall–Kier alpha value is -3.81. The first-order valence-electron chi connectivity index (χ1n) is 11.3. The summed E-state index contributed by atoms with van der Waals surface area (Å²) >= 11 is 0. The number of halogens is 7. The number of aryl methyl sites for hydroxylation is 1. The molecule has 0 heterocycles. The molecule has 0 N–H and O–H groups in total. The van der Waals surface area contributed by atoms with Gasteiger partial charge >= 0.3 is 6.11 Å². The van der Waals surface area contributed by atoms with E-state index in [4.69, 9.17) is 0 Å². The molecule has 0 saturated heterocycles. The summed E-state index contributed by atoms with van der Waals surface area (Å²) in [6, 6.07) is 13.1. The standard InChI is InChI=1S/C29H21F7O/c1-4-17-5-7-18(8-6-17)19-9-10-21(23(31)11-19)20-12-24(32)27(25(33)13-20)29(35,36)37-26-14-22(30)15(2)28(34)16(26)3/h5-14H,4H2,1-3H3. The Kier molecular flexibility index (Phi) is 7.04. The Morgan fingerprint density at radius 3 is 1.78 bits per heavy atom. The van der Waals surface area contributed by atoms with Gasteiger partial charge in [0.1, 0.15) is 40.4 Å². The van der Waals surface area contributed by atoms with Gasteiger partial charge in [-0.25, -0.2) is 22.0 Å². The van der Waals surface area contributed by atoms with Crippen LogP contribution in [0, 0.1) is 42.9 Å². The normalized spacial score (nSPS) is 11.6. The monoisotopic (exact) mass is 518 g/mol. The maximum atomic E-state index is 14.9. The van der Waals surface area contributed by atoms with Crippen molar-refractivity contribution in [2.24, 2.45) is 0 Å². The molecule has 0 aromatic heterocycles. The number of hydrogen-bond acceptors (Lipinski definition) is 1. The average Bonchev–Trinajstić information content (AvgIpc) is 2.85. The summed E-state index contributed by atoms with van der Waals surface area (Å²) in [5.74, 6) is -7.45. The Balaban J connectivity index is 1.68. The third kappa shape index (κ3) is 5.05. The number of alkyl halides is 2. The van der Waals surface area contributed by atoms with Crippen LogP contribution in [0.5, 0.6) is 5.75 Å². The van der Waals surface area contributed by atoms with E-state index in [2.05, 4.69) is 4.74 Å². The lowest BCUT2D eigenvalue weighted by Crippen LogP contribution is -2.26. The zero-order valence-corrected chi connectivity index (χ0v) is 20.0. The van der Waals surface area contributed by atoms with Crippen LogP contribution in [0.4, 0.5) is 30.7 Å². The van der Waals surface area contributed by atoms with Crippen molar-refractivity contribution in [3.63, 3.8) is 0 Å². The van der Waals surface area contributed by atoms with Crippen LogP contribution in [0.1, 0.15) is 29.2 Å². The van der Waals surface area contributed by atoms with Crippen LogP contribution < -0.4 is 4.74 Å². The van der Waals surface area contributed by atoms with Crippen LogP contribution >= 0.6 is 0 Å². The zero-order chi connectivity index (χ0) is 27.1. The maximum Gasteiger partial charge on any atom is 0.432 e. The molecule has 0 atom stereocenters. The highest BCUT2D eigenvalue weighted by atomic mass is 19.3. The highest BCUT2D eigenvalue weighted by Gasteiger charge is 2.42. The van der Waals surface area contributed by atoms with E-state index in [1.54, 1.807) is 6.07 Å². The molecule has 0 unspecified atom stereocenters. The van der Waals surface area contributed by atoms with Crippen molar-refractivity contribution in [3.8, 4) is 28.0 Å². The van der Waals surface area contributed by atoms with Crippen LogP contribution in [0.3, 0.4) is 0 Å². The smallest absolute Gasteiger partial charge is 0.428 e. The molecule has 1 nitrogen and oxygen atoms in total. The minimum Gasteiger partial charge on any atom is -0.428 e. The lowest BCUT2D eigenvalue weighted by Gasteiger charge is -2.21. The lowest BCUT2D eigenvalue weighted by atomic mass is 9.97. The Labute approximate surface area is 209 Å².